The van der Waals surface area contributed by atoms with Crippen molar-refractivity contribution in [1.82, 2.24) is 0 Å². The summed E-state index contributed by atoms with van der Waals surface area (Å²) in [6.45, 7) is 8.30. The summed E-state index contributed by atoms with van der Waals surface area (Å²) in [5.74, 6) is 0. The Morgan fingerprint density at radius 2 is 1.47 bits per heavy atom. The standard InChI is InChI=1S/C17H20ClN/c1-10-6-5-7-11(2)16(10)17(19)14-8-13(4)15(18)9-12(14)3/h5-9,17H,19H2,1-4H3. The van der Waals surface area contributed by atoms with Crippen LogP contribution in [0.1, 0.15) is 39.4 Å². The molecule has 1 atom stereocenters. The van der Waals surface area contributed by atoms with Crippen molar-refractivity contribution in [3.63, 3.8) is 0 Å². The molecule has 0 saturated carbocycles. The molecule has 0 heterocycles. The molecule has 0 aromatic heterocycles. The van der Waals surface area contributed by atoms with Gasteiger partial charge in [-0.2, -0.15) is 0 Å². The molecule has 1 nitrogen and oxygen atoms in total. The monoisotopic (exact) mass is 273 g/mol. The third-order valence-corrected chi connectivity index (χ3v) is 4.14. The predicted molar refractivity (Wildman–Crippen MR) is 82.9 cm³/mol. The molecule has 19 heavy (non-hydrogen) atoms. The molecule has 0 aliphatic rings. The van der Waals surface area contributed by atoms with E-state index in [0.29, 0.717) is 0 Å². The van der Waals surface area contributed by atoms with Crippen molar-refractivity contribution in [2.24, 2.45) is 5.73 Å². The van der Waals surface area contributed by atoms with Gasteiger partial charge in [-0.3, -0.25) is 0 Å². The third kappa shape index (κ3) is 2.68. The van der Waals surface area contributed by atoms with Crippen molar-refractivity contribution in [1.29, 1.82) is 0 Å². The fraction of sp³-hybridized carbons (Fsp3) is 0.294. The van der Waals surface area contributed by atoms with Crippen LogP contribution < -0.4 is 5.73 Å². The maximum atomic E-state index is 6.49. The molecule has 0 bridgehead atoms. The number of aryl methyl sites for hydroxylation is 4. The Balaban J connectivity index is 2.56. The second-order valence-corrected chi connectivity index (χ2v) is 5.65. The van der Waals surface area contributed by atoms with E-state index in [9.17, 15) is 0 Å². The Kier molecular flexibility index (Phi) is 3.98. The lowest BCUT2D eigenvalue weighted by molar-refractivity contribution is 0.841. The molecule has 0 aliphatic carbocycles. The van der Waals surface area contributed by atoms with Crippen LogP contribution in [0, 0.1) is 27.7 Å². The van der Waals surface area contributed by atoms with Crippen LogP contribution in [0.3, 0.4) is 0 Å². The molecule has 0 fully saturated rings. The molecule has 0 aliphatic heterocycles. The number of hydrogen-bond acceptors (Lipinski definition) is 1. The number of benzene rings is 2. The van der Waals surface area contributed by atoms with Crippen LogP contribution >= 0.6 is 11.6 Å². The van der Waals surface area contributed by atoms with Crippen molar-refractivity contribution < 1.29 is 0 Å². The van der Waals surface area contributed by atoms with E-state index < -0.39 is 0 Å². The van der Waals surface area contributed by atoms with Gasteiger partial charge in [-0.25, -0.2) is 0 Å². The summed E-state index contributed by atoms with van der Waals surface area (Å²) >= 11 is 6.16. The zero-order chi connectivity index (χ0) is 14.2. The minimum Gasteiger partial charge on any atom is -0.320 e. The molecule has 100 valence electrons. The normalized spacial score (nSPS) is 12.5. The molecule has 0 radical (unpaired) electrons. The molecule has 0 saturated heterocycles. The van der Waals surface area contributed by atoms with Gasteiger partial charge in [0.25, 0.3) is 0 Å². The summed E-state index contributed by atoms with van der Waals surface area (Å²) in [6.07, 6.45) is 0. The van der Waals surface area contributed by atoms with E-state index in [0.717, 1.165) is 21.7 Å². The molecule has 2 rings (SSSR count). The summed E-state index contributed by atoms with van der Waals surface area (Å²) < 4.78 is 0. The van der Waals surface area contributed by atoms with Crippen LogP contribution in [0.15, 0.2) is 30.3 Å². The van der Waals surface area contributed by atoms with Crippen LogP contribution in [0.4, 0.5) is 0 Å². The Hall–Kier alpha value is -1.31. The highest BCUT2D eigenvalue weighted by molar-refractivity contribution is 6.31. The van der Waals surface area contributed by atoms with Crippen LogP contribution in [-0.2, 0) is 0 Å². The zero-order valence-corrected chi connectivity index (χ0v) is 12.7. The van der Waals surface area contributed by atoms with Crippen molar-refractivity contribution in [2.45, 2.75) is 33.7 Å². The van der Waals surface area contributed by atoms with Gasteiger partial charge in [0.15, 0.2) is 0 Å². The van der Waals surface area contributed by atoms with Crippen molar-refractivity contribution in [3.05, 3.63) is 68.7 Å². The number of nitrogens with two attached hydrogens (primary N) is 1. The molecule has 2 heteroatoms. The summed E-state index contributed by atoms with van der Waals surface area (Å²) in [4.78, 5) is 0. The van der Waals surface area contributed by atoms with Crippen LogP contribution in [0.2, 0.25) is 5.02 Å². The second kappa shape index (κ2) is 5.36. The van der Waals surface area contributed by atoms with Gasteiger partial charge in [0.1, 0.15) is 0 Å². The van der Waals surface area contributed by atoms with Gasteiger partial charge >= 0.3 is 0 Å². The first-order chi connectivity index (χ1) is 8.91. The molecule has 0 amide bonds. The number of hydrogen-bond donors (Lipinski definition) is 1. The Labute approximate surface area is 120 Å². The highest BCUT2D eigenvalue weighted by Crippen LogP contribution is 2.30. The summed E-state index contributed by atoms with van der Waals surface area (Å²) in [5, 5.41) is 0.801. The molecule has 2 N–H and O–H groups in total. The van der Waals surface area contributed by atoms with Gasteiger partial charge in [0.2, 0.25) is 0 Å². The SMILES string of the molecule is Cc1cc(C(N)c2c(C)cccc2C)c(C)cc1Cl. The van der Waals surface area contributed by atoms with Gasteiger partial charge in [0.05, 0.1) is 6.04 Å². The predicted octanol–water partition coefficient (Wildman–Crippen LogP) is 4.62. The molecule has 2 aromatic rings. The van der Waals surface area contributed by atoms with Crippen molar-refractivity contribution in [3.8, 4) is 0 Å². The lowest BCUT2D eigenvalue weighted by atomic mass is 9.89. The fourth-order valence-electron chi connectivity index (χ4n) is 2.61. The first-order valence-electron chi connectivity index (χ1n) is 6.50. The lowest BCUT2D eigenvalue weighted by Crippen LogP contribution is -2.16. The van der Waals surface area contributed by atoms with E-state index >= 15 is 0 Å². The minimum atomic E-state index is -0.0998. The summed E-state index contributed by atoms with van der Waals surface area (Å²) in [6, 6.07) is 10.3. The number of halogens is 1. The van der Waals surface area contributed by atoms with Crippen LogP contribution in [-0.4, -0.2) is 0 Å². The van der Waals surface area contributed by atoms with E-state index in [4.69, 9.17) is 17.3 Å². The highest BCUT2D eigenvalue weighted by Gasteiger charge is 2.16. The van der Waals surface area contributed by atoms with Gasteiger partial charge in [-0.1, -0.05) is 35.9 Å². The van der Waals surface area contributed by atoms with Crippen molar-refractivity contribution >= 4 is 11.6 Å². The third-order valence-electron chi connectivity index (χ3n) is 3.74. The van der Waals surface area contributed by atoms with E-state index in [2.05, 4.69) is 45.0 Å². The van der Waals surface area contributed by atoms with E-state index in [-0.39, 0.29) is 6.04 Å². The molecule has 2 aromatic carbocycles. The maximum Gasteiger partial charge on any atom is 0.0559 e. The van der Waals surface area contributed by atoms with E-state index in [1.54, 1.807) is 0 Å². The summed E-state index contributed by atoms with van der Waals surface area (Å²) in [7, 11) is 0. The Bertz CT molecular complexity index is 597. The molecule has 0 spiro atoms. The van der Waals surface area contributed by atoms with Gasteiger partial charge in [-0.15, -0.1) is 0 Å². The molecular weight excluding hydrogens is 254 g/mol. The minimum absolute atomic E-state index is 0.0998. The van der Waals surface area contributed by atoms with E-state index in [1.807, 2.05) is 13.0 Å². The summed E-state index contributed by atoms with van der Waals surface area (Å²) in [5.41, 5.74) is 13.6. The lowest BCUT2D eigenvalue weighted by Gasteiger charge is -2.20. The van der Waals surface area contributed by atoms with Gasteiger partial charge in [0, 0.05) is 5.02 Å². The van der Waals surface area contributed by atoms with Crippen LogP contribution in [0.5, 0.6) is 0 Å². The number of rotatable bonds is 2. The second-order valence-electron chi connectivity index (χ2n) is 5.24. The maximum absolute atomic E-state index is 6.49. The topological polar surface area (TPSA) is 26.0 Å². The quantitative estimate of drug-likeness (QED) is 0.849. The highest BCUT2D eigenvalue weighted by atomic mass is 35.5. The molecule has 1 unspecified atom stereocenters. The van der Waals surface area contributed by atoms with Gasteiger partial charge < -0.3 is 5.73 Å². The zero-order valence-electron chi connectivity index (χ0n) is 11.9. The first kappa shape index (κ1) is 14.1. The Morgan fingerprint density at radius 3 is 2.05 bits per heavy atom. The van der Waals surface area contributed by atoms with Crippen LogP contribution in [0.25, 0.3) is 0 Å². The average Bonchev–Trinajstić information content (AvgIpc) is 2.33. The average molecular weight is 274 g/mol. The first-order valence-corrected chi connectivity index (χ1v) is 6.88. The largest absolute Gasteiger partial charge is 0.320 e. The van der Waals surface area contributed by atoms with E-state index in [1.165, 1.54) is 16.7 Å². The molecular formula is C17H20ClN. The Morgan fingerprint density at radius 1 is 0.895 bits per heavy atom. The van der Waals surface area contributed by atoms with Crippen molar-refractivity contribution in [2.75, 3.05) is 0 Å². The van der Waals surface area contributed by atoms with Gasteiger partial charge in [-0.05, 0) is 67.1 Å². The smallest absolute Gasteiger partial charge is 0.0559 e. The fourth-order valence-corrected chi connectivity index (χ4v) is 2.83.